The number of nitrogens with zero attached hydrogens (tertiary/aromatic N) is 2. The Bertz CT molecular complexity index is 1460. The van der Waals surface area contributed by atoms with Gasteiger partial charge in [0.1, 0.15) is 22.2 Å². The second-order valence-corrected chi connectivity index (χ2v) is 12.3. The second kappa shape index (κ2) is 11.0. The van der Waals surface area contributed by atoms with E-state index in [0.29, 0.717) is 47.6 Å². The lowest BCUT2D eigenvalue weighted by molar-refractivity contribution is -0.147. The van der Waals surface area contributed by atoms with Gasteiger partial charge < -0.3 is 19.3 Å². The molecule has 204 valence electrons. The number of carboxylic acids is 1. The molecule has 1 aliphatic heterocycles. The number of thiophene rings is 1. The van der Waals surface area contributed by atoms with E-state index in [0.717, 1.165) is 26.8 Å². The topological polar surface area (TPSA) is 109 Å². The number of para-hydroxylation sites is 1. The average Bonchev–Trinajstić information content (AvgIpc) is 3.52. The fraction of sp³-hybridized carbons (Fsp3) is 0.519. The Morgan fingerprint density at radius 1 is 1.24 bits per heavy atom. The van der Waals surface area contributed by atoms with E-state index in [2.05, 4.69) is 15.9 Å². The van der Waals surface area contributed by atoms with Crippen molar-refractivity contribution in [3.63, 3.8) is 0 Å². The van der Waals surface area contributed by atoms with Crippen molar-refractivity contribution in [2.45, 2.75) is 69.7 Å². The normalized spacial score (nSPS) is 18.6. The van der Waals surface area contributed by atoms with Gasteiger partial charge in [-0.15, -0.1) is 11.3 Å². The number of carboxylic acid groups (broad SMARTS) is 1. The maximum absolute atomic E-state index is 14.2. The summed E-state index contributed by atoms with van der Waals surface area (Å²) in [5, 5.41) is 10.6. The molecule has 1 aliphatic carbocycles. The van der Waals surface area contributed by atoms with Gasteiger partial charge >= 0.3 is 11.7 Å². The molecule has 3 aromatic rings. The van der Waals surface area contributed by atoms with E-state index < -0.39 is 28.9 Å². The third kappa shape index (κ3) is 4.63. The van der Waals surface area contributed by atoms with Gasteiger partial charge in [-0.05, 0) is 60.2 Å². The van der Waals surface area contributed by atoms with Crippen molar-refractivity contribution in [3.8, 4) is 5.75 Å². The number of aliphatic carboxylic acids is 1. The number of halogens is 1. The Kier molecular flexibility index (Phi) is 7.82. The Hall–Kier alpha value is -2.47. The summed E-state index contributed by atoms with van der Waals surface area (Å²) >= 11 is 4.84. The predicted octanol–water partition coefficient (Wildman–Crippen LogP) is 4.60. The van der Waals surface area contributed by atoms with Crippen LogP contribution in [0.15, 0.2) is 37.6 Å². The third-order valence-corrected chi connectivity index (χ3v) is 9.95. The molecule has 1 saturated carbocycles. The number of benzene rings is 1. The van der Waals surface area contributed by atoms with Crippen molar-refractivity contribution >= 4 is 43.5 Å². The molecule has 9 nitrogen and oxygen atoms in total. The largest absolute Gasteiger partial charge is 0.496 e. The first-order chi connectivity index (χ1) is 18.3. The van der Waals surface area contributed by atoms with Crippen molar-refractivity contribution in [1.29, 1.82) is 0 Å². The minimum atomic E-state index is -1.56. The molecule has 0 bridgehead atoms. The minimum absolute atomic E-state index is 0.0761. The third-order valence-electron chi connectivity index (χ3n) is 7.77. The molecule has 38 heavy (non-hydrogen) atoms. The van der Waals surface area contributed by atoms with Crippen LogP contribution in [-0.2, 0) is 26.4 Å². The van der Waals surface area contributed by atoms with Crippen LogP contribution in [0.2, 0.25) is 0 Å². The van der Waals surface area contributed by atoms with Crippen molar-refractivity contribution < 1.29 is 24.1 Å². The Morgan fingerprint density at radius 3 is 2.58 bits per heavy atom. The van der Waals surface area contributed by atoms with E-state index >= 15 is 0 Å². The Balaban J connectivity index is 1.72. The average molecular weight is 608 g/mol. The number of hydrogen-bond donors (Lipinski definition) is 1. The maximum Gasteiger partial charge on any atom is 0.333 e. The first-order valence-corrected chi connectivity index (χ1v) is 14.4. The molecular formula is C27H31BrN2O7S. The zero-order valence-electron chi connectivity index (χ0n) is 21.4. The van der Waals surface area contributed by atoms with E-state index in [4.69, 9.17) is 14.2 Å². The highest BCUT2D eigenvalue weighted by molar-refractivity contribution is 9.11. The minimum Gasteiger partial charge on any atom is -0.496 e. The molecule has 0 amide bonds. The van der Waals surface area contributed by atoms with E-state index in [-0.39, 0.29) is 25.5 Å². The van der Waals surface area contributed by atoms with Crippen LogP contribution in [0.25, 0.3) is 10.2 Å². The standard InChI is InChI=1S/C27H31BrN2O7S/c1-16-21-23(31)30(27(25(32)33)11-5-6-12-27)26(34)29(24(21)38-22(16)28)15-20(37-17-9-13-36-14-10-17)18-7-3-4-8-19(18)35-2/h3-4,7-8,17,20H,5-6,9-15H2,1-2H3,(H,32,33)/t20-/m0/s1. The molecule has 1 saturated heterocycles. The van der Waals surface area contributed by atoms with Crippen LogP contribution in [-0.4, -0.2) is 46.6 Å². The molecule has 2 fully saturated rings. The molecule has 1 N–H and O–H groups in total. The molecule has 5 rings (SSSR count). The summed E-state index contributed by atoms with van der Waals surface area (Å²) in [6.07, 6.45) is 2.55. The number of carbonyl (C=O) groups is 1. The van der Waals surface area contributed by atoms with E-state index in [1.54, 1.807) is 7.11 Å². The van der Waals surface area contributed by atoms with Crippen molar-refractivity contribution in [3.05, 3.63) is 60.0 Å². The predicted molar refractivity (Wildman–Crippen MR) is 148 cm³/mol. The first kappa shape index (κ1) is 27.1. The molecule has 11 heteroatoms. The summed E-state index contributed by atoms with van der Waals surface area (Å²) in [6.45, 7) is 3.09. The van der Waals surface area contributed by atoms with Gasteiger partial charge in [-0.2, -0.15) is 0 Å². The molecule has 2 aliphatic rings. The van der Waals surface area contributed by atoms with Gasteiger partial charge in [-0.1, -0.05) is 31.0 Å². The van der Waals surface area contributed by atoms with Crippen LogP contribution in [0.5, 0.6) is 5.75 Å². The number of ether oxygens (including phenoxy) is 3. The number of rotatable bonds is 8. The van der Waals surface area contributed by atoms with Crippen LogP contribution in [0.1, 0.15) is 55.8 Å². The van der Waals surface area contributed by atoms with Gasteiger partial charge in [0, 0.05) is 18.8 Å². The molecule has 0 spiro atoms. The van der Waals surface area contributed by atoms with Gasteiger partial charge in [0.15, 0.2) is 0 Å². The van der Waals surface area contributed by atoms with Crippen molar-refractivity contribution in [1.82, 2.24) is 9.13 Å². The summed E-state index contributed by atoms with van der Waals surface area (Å²) in [5.74, 6) is -0.518. The Labute approximate surface area is 232 Å². The summed E-state index contributed by atoms with van der Waals surface area (Å²) in [6, 6.07) is 7.52. The highest BCUT2D eigenvalue weighted by Crippen LogP contribution is 2.38. The van der Waals surface area contributed by atoms with E-state index in [1.807, 2.05) is 31.2 Å². The summed E-state index contributed by atoms with van der Waals surface area (Å²) < 4.78 is 21.0. The summed E-state index contributed by atoms with van der Waals surface area (Å²) in [7, 11) is 1.59. The highest BCUT2D eigenvalue weighted by Gasteiger charge is 2.46. The smallest absolute Gasteiger partial charge is 0.333 e. The van der Waals surface area contributed by atoms with Crippen molar-refractivity contribution in [2.75, 3.05) is 20.3 Å². The van der Waals surface area contributed by atoms with Gasteiger partial charge in [0.05, 0.1) is 28.9 Å². The van der Waals surface area contributed by atoms with E-state index in [1.165, 1.54) is 15.9 Å². The number of aromatic nitrogens is 2. The molecule has 1 aromatic carbocycles. The van der Waals surface area contributed by atoms with E-state index in [9.17, 15) is 19.5 Å². The first-order valence-electron chi connectivity index (χ1n) is 12.8. The molecule has 0 radical (unpaired) electrons. The number of methoxy groups -OCH3 is 1. The van der Waals surface area contributed by atoms with Crippen LogP contribution in [0.3, 0.4) is 0 Å². The zero-order chi connectivity index (χ0) is 27.0. The lowest BCUT2D eigenvalue weighted by Crippen LogP contribution is -2.54. The molecule has 0 unspecified atom stereocenters. The molecule has 3 heterocycles. The Morgan fingerprint density at radius 2 is 1.92 bits per heavy atom. The van der Waals surface area contributed by atoms with Crippen molar-refractivity contribution in [2.24, 2.45) is 0 Å². The van der Waals surface area contributed by atoms with Crippen LogP contribution < -0.4 is 16.0 Å². The van der Waals surface area contributed by atoms with Gasteiger partial charge in [0.2, 0.25) is 0 Å². The lowest BCUT2D eigenvalue weighted by atomic mass is 9.97. The molecule has 2 aromatic heterocycles. The van der Waals surface area contributed by atoms with Crippen LogP contribution >= 0.6 is 27.3 Å². The maximum atomic E-state index is 14.2. The lowest BCUT2D eigenvalue weighted by Gasteiger charge is -2.30. The molecular weight excluding hydrogens is 576 g/mol. The number of hydrogen-bond acceptors (Lipinski definition) is 7. The zero-order valence-corrected chi connectivity index (χ0v) is 23.8. The fourth-order valence-corrected chi connectivity index (χ4v) is 7.40. The number of aryl methyl sites for hydroxylation is 1. The summed E-state index contributed by atoms with van der Waals surface area (Å²) in [4.78, 5) is 41.1. The molecule has 1 atom stereocenters. The fourth-order valence-electron chi connectivity index (χ4n) is 5.71. The van der Waals surface area contributed by atoms with Gasteiger partial charge in [-0.25, -0.2) is 14.2 Å². The second-order valence-electron chi connectivity index (χ2n) is 9.94. The highest BCUT2D eigenvalue weighted by atomic mass is 79.9. The monoisotopic (exact) mass is 606 g/mol. The SMILES string of the molecule is COc1ccccc1[C@H](Cn1c(=O)n(C2(C(=O)O)CCCC2)c(=O)c2c(C)c(Br)sc21)OC1CCOCC1. The van der Waals surface area contributed by atoms with Gasteiger partial charge in [-0.3, -0.25) is 9.36 Å². The quantitative estimate of drug-likeness (QED) is 0.399. The van der Waals surface area contributed by atoms with Crippen LogP contribution in [0, 0.1) is 6.92 Å². The number of fused-ring (bicyclic) bond motifs is 1. The summed E-state index contributed by atoms with van der Waals surface area (Å²) in [5.41, 5.74) is -1.28. The van der Waals surface area contributed by atoms with Crippen LogP contribution in [0.4, 0.5) is 0 Å². The van der Waals surface area contributed by atoms with Gasteiger partial charge in [0.25, 0.3) is 5.56 Å².